The summed E-state index contributed by atoms with van der Waals surface area (Å²) in [5.41, 5.74) is 0. The molecular formula is C13H20N2O4. The Morgan fingerprint density at radius 3 is 2.63 bits per heavy atom. The number of carbonyl (C=O) groups excluding carboxylic acids is 1. The van der Waals surface area contributed by atoms with Crippen LogP contribution in [0.2, 0.25) is 0 Å². The van der Waals surface area contributed by atoms with E-state index < -0.39 is 5.97 Å². The van der Waals surface area contributed by atoms with Crippen molar-refractivity contribution in [3.63, 3.8) is 0 Å². The van der Waals surface area contributed by atoms with Crippen LogP contribution in [-0.4, -0.2) is 42.0 Å². The molecule has 1 rings (SSSR count). The van der Waals surface area contributed by atoms with Gasteiger partial charge < -0.3 is 14.8 Å². The zero-order valence-electron chi connectivity index (χ0n) is 11.5. The Kier molecular flexibility index (Phi) is 5.57. The Labute approximate surface area is 112 Å². The summed E-state index contributed by atoms with van der Waals surface area (Å²) in [6.07, 6.45) is 0.897. The lowest BCUT2D eigenvalue weighted by atomic mass is 10.2. The fraction of sp³-hybridized carbons (Fsp3) is 0.538. The van der Waals surface area contributed by atoms with Gasteiger partial charge in [0, 0.05) is 7.05 Å². The van der Waals surface area contributed by atoms with Gasteiger partial charge in [-0.3, -0.25) is 9.69 Å². The number of nitrogens with zero attached hydrogens (tertiary/aromatic N) is 1. The number of nitrogens with one attached hydrogen (secondary N) is 1. The summed E-state index contributed by atoms with van der Waals surface area (Å²) in [5.74, 6) is -0.704. The van der Waals surface area contributed by atoms with Crippen molar-refractivity contribution in [3.05, 3.63) is 23.7 Å². The van der Waals surface area contributed by atoms with E-state index in [-0.39, 0.29) is 24.3 Å². The molecule has 0 aliphatic rings. The second-order valence-electron chi connectivity index (χ2n) is 4.33. The van der Waals surface area contributed by atoms with Gasteiger partial charge in [0.25, 0.3) is 0 Å². The topological polar surface area (TPSA) is 82.8 Å². The number of carboxylic acid groups (broad SMARTS) is 1. The molecule has 6 nitrogen and oxygen atoms in total. The first-order chi connectivity index (χ1) is 8.99. The van der Waals surface area contributed by atoms with Crippen molar-refractivity contribution in [3.8, 4) is 0 Å². The van der Waals surface area contributed by atoms with Crippen molar-refractivity contribution in [2.24, 2.45) is 0 Å². The zero-order chi connectivity index (χ0) is 14.4. The maximum Gasteiger partial charge on any atom is 0.371 e. The Bertz CT molecular complexity index is 442. The largest absolute Gasteiger partial charge is 0.475 e. The quantitative estimate of drug-likeness (QED) is 0.783. The number of hydrogen-bond donors (Lipinski definition) is 2. The predicted molar refractivity (Wildman–Crippen MR) is 70.0 cm³/mol. The second kappa shape index (κ2) is 6.94. The molecule has 106 valence electrons. The number of likely N-dealkylation sites (N-methyl/N-ethyl adjacent to an activating group) is 1. The van der Waals surface area contributed by atoms with Crippen molar-refractivity contribution in [1.82, 2.24) is 10.2 Å². The van der Waals surface area contributed by atoms with Crippen LogP contribution in [-0.2, 0) is 4.79 Å². The van der Waals surface area contributed by atoms with Gasteiger partial charge in [-0.15, -0.1) is 0 Å². The average Bonchev–Trinajstić information content (AvgIpc) is 2.86. The number of carboxylic acids is 1. The molecule has 1 heterocycles. The summed E-state index contributed by atoms with van der Waals surface area (Å²) in [6, 6.07) is 2.92. The summed E-state index contributed by atoms with van der Waals surface area (Å²) < 4.78 is 5.28. The molecule has 0 radical (unpaired) electrons. The molecule has 0 aliphatic carbocycles. The smallest absolute Gasteiger partial charge is 0.371 e. The summed E-state index contributed by atoms with van der Waals surface area (Å²) in [6.45, 7) is 4.91. The van der Waals surface area contributed by atoms with Gasteiger partial charge in [-0.25, -0.2) is 4.79 Å². The zero-order valence-corrected chi connectivity index (χ0v) is 11.5. The molecule has 1 amide bonds. The van der Waals surface area contributed by atoms with Gasteiger partial charge in [0.1, 0.15) is 5.76 Å². The first-order valence-corrected chi connectivity index (χ1v) is 6.27. The molecule has 0 aliphatic heterocycles. The lowest BCUT2D eigenvalue weighted by molar-refractivity contribution is -0.122. The van der Waals surface area contributed by atoms with Crippen LogP contribution < -0.4 is 5.32 Å². The van der Waals surface area contributed by atoms with Crippen molar-refractivity contribution >= 4 is 11.9 Å². The Hall–Kier alpha value is -1.82. The van der Waals surface area contributed by atoms with Crippen LogP contribution in [0.5, 0.6) is 0 Å². The van der Waals surface area contributed by atoms with Crippen LogP contribution in [0.25, 0.3) is 0 Å². The van der Waals surface area contributed by atoms with Crippen LogP contribution in [0.15, 0.2) is 16.5 Å². The number of hydrogen-bond acceptors (Lipinski definition) is 4. The van der Waals surface area contributed by atoms with Gasteiger partial charge >= 0.3 is 5.97 Å². The van der Waals surface area contributed by atoms with Crippen LogP contribution in [0.3, 0.4) is 0 Å². The monoisotopic (exact) mass is 268 g/mol. The van der Waals surface area contributed by atoms with Gasteiger partial charge in [0.15, 0.2) is 0 Å². The van der Waals surface area contributed by atoms with Gasteiger partial charge in [-0.05, 0) is 32.0 Å². The SMILES string of the molecule is CCCN(CC(=O)NC)C(C)c1ccc(C(=O)O)o1. The van der Waals surface area contributed by atoms with Crippen molar-refractivity contribution in [2.75, 3.05) is 20.1 Å². The molecule has 0 aromatic carbocycles. The minimum absolute atomic E-state index is 0.0784. The first-order valence-electron chi connectivity index (χ1n) is 6.27. The number of furan rings is 1. The van der Waals surface area contributed by atoms with Crippen molar-refractivity contribution < 1.29 is 19.1 Å². The molecule has 1 unspecified atom stereocenters. The number of amides is 1. The molecule has 0 saturated carbocycles. The van der Waals surface area contributed by atoms with Gasteiger partial charge in [0.2, 0.25) is 11.7 Å². The molecule has 0 spiro atoms. The molecule has 1 atom stereocenters. The summed E-state index contributed by atoms with van der Waals surface area (Å²) >= 11 is 0. The molecule has 2 N–H and O–H groups in total. The average molecular weight is 268 g/mol. The normalized spacial score (nSPS) is 12.4. The highest BCUT2D eigenvalue weighted by atomic mass is 16.4. The fourth-order valence-corrected chi connectivity index (χ4v) is 1.83. The van der Waals surface area contributed by atoms with E-state index in [1.807, 2.05) is 18.7 Å². The number of rotatable bonds is 7. The molecule has 6 heteroatoms. The molecular weight excluding hydrogens is 248 g/mol. The lowest BCUT2D eigenvalue weighted by Gasteiger charge is -2.26. The number of carbonyl (C=O) groups is 2. The van der Waals surface area contributed by atoms with Crippen molar-refractivity contribution in [2.45, 2.75) is 26.3 Å². The summed E-state index contributed by atoms with van der Waals surface area (Å²) in [4.78, 5) is 24.2. The standard InChI is InChI=1S/C13H20N2O4/c1-4-7-15(8-12(16)14-3)9(2)10-5-6-11(19-10)13(17)18/h5-6,9H,4,7-8H2,1-3H3,(H,14,16)(H,17,18). The van der Waals surface area contributed by atoms with E-state index in [0.717, 1.165) is 13.0 Å². The van der Waals surface area contributed by atoms with Crippen molar-refractivity contribution in [1.29, 1.82) is 0 Å². The van der Waals surface area contributed by atoms with Crippen LogP contribution >= 0.6 is 0 Å². The van der Waals surface area contributed by atoms with E-state index in [2.05, 4.69) is 5.32 Å². The maximum absolute atomic E-state index is 11.5. The Morgan fingerprint density at radius 1 is 1.47 bits per heavy atom. The van der Waals surface area contributed by atoms with Gasteiger partial charge in [-0.1, -0.05) is 6.92 Å². The van der Waals surface area contributed by atoms with E-state index in [4.69, 9.17) is 9.52 Å². The van der Waals surface area contributed by atoms with E-state index in [1.54, 1.807) is 13.1 Å². The van der Waals surface area contributed by atoms with E-state index in [0.29, 0.717) is 5.76 Å². The molecule has 0 saturated heterocycles. The minimum atomic E-state index is -1.09. The van der Waals surface area contributed by atoms with Crippen LogP contribution in [0.1, 0.15) is 42.6 Å². The third-order valence-corrected chi connectivity index (χ3v) is 2.93. The minimum Gasteiger partial charge on any atom is -0.475 e. The maximum atomic E-state index is 11.5. The highest BCUT2D eigenvalue weighted by Gasteiger charge is 2.21. The Morgan fingerprint density at radius 2 is 2.16 bits per heavy atom. The van der Waals surface area contributed by atoms with Crippen LogP contribution in [0.4, 0.5) is 0 Å². The number of aromatic carboxylic acids is 1. The third-order valence-electron chi connectivity index (χ3n) is 2.93. The third kappa shape index (κ3) is 4.10. The molecule has 0 fully saturated rings. The predicted octanol–water partition coefficient (Wildman–Crippen LogP) is 1.50. The van der Waals surface area contributed by atoms with Gasteiger partial charge in [-0.2, -0.15) is 0 Å². The second-order valence-corrected chi connectivity index (χ2v) is 4.33. The summed E-state index contributed by atoms with van der Waals surface area (Å²) in [7, 11) is 1.59. The highest BCUT2D eigenvalue weighted by molar-refractivity contribution is 5.84. The van der Waals surface area contributed by atoms with Crippen LogP contribution in [0, 0.1) is 0 Å². The molecule has 0 bridgehead atoms. The Balaban J connectivity index is 2.81. The van der Waals surface area contributed by atoms with E-state index in [9.17, 15) is 9.59 Å². The van der Waals surface area contributed by atoms with E-state index in [1.165, 1.54) is 6.07 Å². The highest BCUT2D eigenvalue weighted by Crippen LogP contribution is 2.22. The van der Waals surface area contributed by atoms with E-state index >= 15 is 0 Å². The molecule has 1 aromatic heterocycles. The first kappa shape index (κ1) is 15.2. The lowest BCUT2D eigenvalue weighted by Crippen LogP contribution is -2.37. The fourth-order valence-electron chi connectivity index (χ4n) is 1.83. The molecule has 19 heavy (non-hydrogen) atoms. The molecule has 1 aromatic rings. The van der Waals surface area contributed by atoms with Gasteiger partial charge in [0.05, 0.1) is 12.6 Å². The summed E-state index contributed by atoms with van der Waals surface area (Å²) in [5, 5.41) is 11.4.